The molecule has 0 saturated heterocycles. The van der Waals surface area contributed by atoms with Crippen molar-refractivity contribution in [1.82, 2.24) is 0 Å². The molecule has 0 aliphatic carbocycles. The number of anilines is 1. The smallest absolute Gasteiger partial charge is 0.342 e. The number of carbonyl (C=O) groups is 2. The molecule has 0 aliphatic rings. The van der Waals surface area contributed by atoms with E-state index in [1.165, 1.54) is 13.2 Å². The van der Waals surface area contributed by atoms with E-state index in [0.717, 1.165) is 17.7 Å². The summed E-state index contributed by atoms with van der Waals surface area (Å²) in [7, 11) is 1.44. The van der Waals surface area contributed by atoms with Gasteiger partial charge in [0.15, 0.2) is 6.61 Å². The molecule has 0 aromatic heterocycles. The number of nitrogens with one attached hydrogen (secondary N) is 1. The first-order valence-electron chi connectivity index (χ1n) is 8.35. The van der Waals surface area contributed by atoms with Gasteiger partial charge in [0.05, 0.1) is 7.11 Å². The zero-order valence-electron chi connectivity index (χ0n) is 15.0. The first-order chi connectivity index (χ1) is 12.5. The second-order valence-electron chi connectivity index (χ2n) is 5.87. The second kappa shape index (κ2) is 9.25. The van der Waals surface area contributed by atoms with Gasteiger partial charge in [-0.3, -0.25) is 4.79 Å². The van der Waals surface area contributed by atoms with E-state index in [0.29, 0.717) is 16.7 Å². The molecule has 0 heterocycles. The summed E-state index contributed by atoms with van der Waals surface area (Å²) in [6.07, 6.45) is 0.955. The number of halogens is 1. The lowest BCUT2D eigenvalue weighted by Crippen LogP contribution is -2.22. The van der Waals surface area contributed by atoms with Crippen molar-refractivity contribution in [2.75, 3.05) is 19.0 Å². The van der Waals surface area contributed by atoms with E-state index in [2.05, 4.69) is 19.2 Å². The van der Waals surface area contributed by atoms with E-state index in [4.69, 9.17) is 21.1 Å². The van der Waals surface area contributed by atoms with Crippen molar-refractivity contribution in [3.05, 3.63) is 58.6 Å². The molecule has 0 bridgehead atoms. The zero-order chi connectivity index (χ0) is 19.1. The van der Waals surface area contributed by atoms with Crippen LogP contribution in [0.1, 0.15) is 42.1 Å². The van der Waals surface area contributed by atoms with Crippen LogP contribution in [0, 0.1) is 0 Å². The van der Waals surface area contributed by atoms with E-state index in [9.17, 15) is 9.59 Å². The molecule has 1 N–H and O–H groups in total. The Morgan fingerprint density at radius 3 is 2.62 bits per heavy atom. The molecule has 2 aromatic rings. The molecule has 0 aliphatic heterocycles. The molecule has 5 nitrogen and oxygen atoms in total. The lowest BCUT2D eigenvalue weighted by Gasteiger charge is -2.15. The lowest BCUT2D eigenvalue weighted by molar-refractivity contribution is -0.119. The number of methoxy groups -OCH3 is 1. The topological polar surface area (TPSA) is 64.6 Å². The number of amides is 1. The summed E-state index contributed by atoms with van der Waals surface area (Å²) in [6.45, 7) is 3.78. The Labute approximate surface area is 158 Å². The van der Waals surface area contributed by atoms with E-state index < -0.39 is 18.5 Å². The van der Waals surface area contributed by atoms with Gasteiger partial charge in [0.1, 0.15) is 11.3 Å². The Balaban J connectivity index is 2.02. The molecule has 138 valence electrons. The predicted molar refractivity (Wildman–Crippen MR) is 102 cm³/mol. The summed E-state index contributed by atoms with van der Waals surface area (Å²) in [5.41, 5.74) is 1.95. The number of para-hydroxylation sites is 1. The molecular formula is C20H22ClNO4. The van der Waals surface area contributed by atoms with Crippen molar-refractivity contribution in [2.45, 2.75) is 26.2 Å². The molecule has 26 heavy (non-hydrogen) atoms. The normalized spacial score (nSPS) is 11.5. The fourth-order valence-electron chi connectivity index (χ4n) is 2.50. The highest BCUT2D eigenvalue weighted by Gasteiger charge is 2.17. The molecule has 6 heteroatoms. The van der Waals surface area contributed by atoms with Gasteiger partial charge in [-0.25, -0.2) is 4.79 Å². The number of rotatable bonds is 7. The van der Waals surface area contributed by atoms with Gasteiger partial charge in [0.2, 0.25) is 0 Å². The van der Waals surface area contributed by atoms with E-state index in [1.54, 1.807) is 12.1 Å². The highest BCUT2D eigenvalue weighted by atomic mass is 35.5. The molecule has 2 aromatic carbocycles. The summed E-state index contributed by atoms with van der Waals surface area (Å²) in [5.74, 6) is -0.434. The SMILES string of the molecule is CC[C@H](C)c1ccccc1NC(=O)COC(=O)c1cc(Cl)ccc1OC. The maximum Gasteiger partial charge on any atom is 0.342 e. The van der Waals surface area contributed by atoms with Gasteiger partial charge >= 0.3 is 5.97 Å². The Morgan fingerprint density at radius 1 is 1.19 bits per heavy atom. The maximum absolute atomic E-state index is 12.2. The van der Waals surface area contributed by atoms with Gasteiger partial charge in [-0.1, -0.05) is 43.6 Å². The molecule has 0 unspecified atom stereocenters. The summed E-state index contributed by atoms with van der Waals surface area (Å²) in [5, 5.41) is 3.18. The van der Waals surface area contributed by atoms with Crippen molar-refractivity contribution in [3.63, 3.8) is 0 Å². The van der Waals surface area contributed by atoms with Crippen LogP contribution in [0.5, 0.6) is 5.75 Å². The van der Waals surface area contributed by atoms with Crippen molar-refractivity contribution in [1.29, 1.82) is 0 Å². The summed E-state index contributed by atoms with van der Waals surface area (Å²) < 4.78 is 10.2. The quantitative estimate of drug-likeness (QED) is 0.715. The largest absolute Gasteiger partial charge is 0.496 e. The minimum atomic E-state index is -0.672. The monoisotopic (exact) mass is 375 g/mol. The minimum absolute atomic E-state index is 0.174. The van der Waals surface area contributed by atoms with Crippen LogP contribution in [0.4, 0.5) is 5.69 Å². The summed E-state index contributed by atoms with van der Waals surface area (Å²) in [4.78, 5) is 24.4. The van der Waals surface area contributed by atoms with Gasteiger partial charge in [-0.05, 0) is 42.2 Å². The number of esters is 1. The first-order valence-corrected chi connectivity index (χ1v) is 8.73. The Hall–Kier alpha value is -2.53. The third-order valence-corrected chi connectivity index (χ3v) is 4.33. The fourth-order valence-corrected chi connectivity index (χ4v) is 2.67. The van der Waals surface area contributed by atoms with Crippen LogP contribution in [0.3, 0.4) is 0 Å². The third kappa shape index (κ3) is 4.99. The Morgan fingerprint density at radius 2 is 1.92 bits per heavy atom. The van der Waals surface area contributed by atoms with Crippen molar-refractivity contribution in [3.8, 4) is 5.75 Å². The lowest BCUT2D eigenvalue weighted by atomic mass is 9.97. The third-order valence-electron chi connectivity index (χ3n) is 4.09. The van der Waals surface area contributed by atoms with Crippen LogP contribution < -0.4 is 10.1 Å². The van der Waals surface area contributed by atoms with E-state index in [1.807, 2.05) is 24.3 Å². The van der Waals surface area contributed by atoms with Gasteiger partial charge < -0.3 is 14.8 Å². The maximum atomic E-state index is 12.2. The van der Waals surface area contributed by atoms with E-state index >= 15 is 0 Å². The number of ether oxygens (including phenoxy) is 2. The van der Waals surface area contributed by atoms with Gasteiger partial charge in [-0.2, -0.15) is 0 Å². The second-order valence-corrected chi connectivity index (χ2v) is 6.30. The highest BCUT2D eigenvalue weighted by Crippen LogP contribution is 2.26. The average molecular weight is 376 g/mol. The highest BCUT2D eigenvalue weighted by molar-refractivity contribution is 6.31. The minimum Gasteiger partial charge on any atom is -0.496 e. The van der Waals surface area contributed by atoms with Crippen LogP contribution >= 0.6 is 11.6 Å². The summed E-state index contributed by atoms with van der Waals surface area (Å²) in [6, 6.07) is 12.2. The van der Waals surface area contributed by atoms with Crippen molar-refractivity contribution >= 4 is 29.2 Å². The first kappa shape index (κ1) is 19.8. The molecule has 0 fully saturated rings. The van der Waals surface area contributed by atoms with Gasteiger partial charge in [0, 0.05) is 10.7 Å². The van der Waals surface area contributed by atoms with Crippen LogP contribution in [0.2, 0.25) is 5.02 Å². The molecule has 0 saturated carbocycles. The van der Waals surface area contributed by atoms with Crippen LogP contribution in [0.25, 0.3) is 0 Å². The Kier molecular flexibility index (Phi) is 7.04. The Bertz CT molecular complexity index is 791. The number of hydrogen-bond acceptors (Lipinski definition) is 4. The van der Waals surface area contributed by atoms with Crippen LogP contribution in [-0.2, 0) is 9.53 Å². The predicted octanol–water partition coefficient (Wildman–Crippen LogP) is 4.66. The molecule has 2 rings (SSSR count). The molecule has 1 amide bonds. The van der Waals surface area contributed by atoms with Crippen molar-refractivity contribution < 1.29 is 19.1 Å². The van der Waals surface area contributed by atoms with Gasteiger partial charge in [-0.15, -0.1) is 0 Å². The summed E-state index contributed by atoms with van der Waals surface area (Å²) >= 11 is 5.91. The standard InChI is InChI=1S/C20H22ClNO4/c1-4-13(2)15-7-5-6-8-17(15)22-19(23)12-26-20(24)16-11-14(21)9-10-18(16)25-3/h5-11,13H,4,12H2,1-3H3,(H,22,23)/t13-/m0/s1. The fraction of sp³-hybridized carbons (Fsp3) is 0.300. The molecule has 0 radical (unpaired) electrons. The average Bonchev–Trinajstić information content (AvgIpc) is 2.65. The number of hydrogen-bond donors (Lipinski definition) is 1. The van der Waals surface area contributed by atoms with Gasteiger partial charge in [0.25, 0.3) is 5.91 Å². The van der Waals surface area contributed by atoms with Crippen LogP contribution in [0.15, 0.2) is 42.5 Å². The van der Waals surface area contributed by atoms with E-state index in [-0.39, 0.29) is 5.56 Å². The molecule has 1 atom stereocenters. The van der Waals surface area contributed by atoms with Crippen molar-refractivity contribution in [2.24, 2.45) is 0 Å². The molecular weight excluding hydrogens is 354 g/mol. The number of benzene rings is 2. The van der Waals surface area contributed by atoms with Crippen LogP contribution in [-0.4, -0.2) is 25.6 Å². The molecule has 0 spiro atoms. The number of carbonyl (C=O) groups excluding carboxylic acids is 2. The zero-order valence-corrected chi connectivity index (χ0v) is 15.8.